The molecule has 0 bridgehead atoms. The van der Waals surface area contributed by atoms with E-state index in [2.05, 4.69) is 18.6 Å². The van der Waals surface area contributed by atoms with Gasteiger partial charge in [0.1, 0.15) is 11.5 Å². The number of nitrogens with one attached hydrogen (secondary N) is 1. The maximum atomic E-state index is 12.6. The molecule has 1 unspecified atom stereocenters. The van der Waals surface area contributed by atoms with Gasteiger partial charge in [0.2, 0.25) is 0 Å². The highest BCUT2D eigenvalue weighted by atomic mass is 32.2. The van der Waals surface area contributed by atoms with Crippen LogP contribution < -0.4 is 9.46 Å². The van der Waals surface area contributed by atoms with Gasteiger partial charge in [-0.05, 0) is 66.4 Å². The van der Waals surface area contributed by atoms with Gasteiger partial charge in [-0.3, -0.25) is 4.72 Å². The Balaban J connectivity index is 1.70. The molecule has 0 aromatic heterocycles. The van der Waals surface area contributed by atoms with Crippen molar-refractivity contribution in [3.05, 3.63) is 84.4 Å². The van der Waals surface area contributed by atoms with E-state index in [4.69, 9.17) is 4.74 Å². The first-order valence-electron chi connectivity index (χ1n) is 8.93. The number of sulfonamides is 1. The summed E-state index contributed by atoms with van der Waals surface area (Å²) in [6.07, 6.45) is 1.02. The zero-order valence-corrected chi connectivity index (χ0v) is 16.2. The Morgan fingerprint density at radius 3 is 2.04 bits per heavy atom. The smallest absolute Gasteiger partial charge is 0.261 e. The fourth-order valence-corrected chi connectivity index (χ4v) is 3.70. The van der Waals surface area contributed by atoms with Crippen LogP contribution in [0.15, 0.2) is 83.8 Å². The Kier molecular flexibility index (Phi) is 5.81. The largest absolute Gasteiger partial charge is 0.457 e. The van der Waals surface area contributed by atoms with Gasteiger partial charge in [-0.1, -0.05) is 44.2 Å². The second-order valence-corrected chi connectivity index (χ2v) is 8.11. The summed E-state index contributed by atoms with van der Waals surface area (Å²) in [4.78, 5) is 0.249. The maximum Gasteiger partial charge on any atom is 0.261 e. The van der Waals surface area contributed by atoms with Crippen LogP contribution in [0.4, 0.5) is 5.69 Å². The van der Waals surface area contributed by atoms with E-state index >= 15 is 0 Å². The van der Waals surface area contributed by atoms with E-state index < -0.39 is 10.0 Å². The number of para-hydroxylation sites is 1. The van der Waals surface area contributed by atoms with Gasteiger partial charge in [-0.2, -0.15) is 0 Å². The molecular formula is C22H23NO3S. The maximum absolute atomic E-state index is 12.6. The molecule has 3 aromatic carbocycles. The summed E-state index contributed by atoms with van der Waals surface area (Å²) >= 11 is 0. The molecule has 0 radical (unpaired) electrons. The van der Waals surface area contributed by atoms with Crippen LogP contribution in [0.1, 0.15) is 31.7 Å². The number of hydrogen-bond donors (Lipinski definition) is 1. The molecule has 0 aliphatic carbocycles. The van der Waals surface area contributed by atoms with E-state index in [-0.39, 0.29) is 4.90 Å². The van der Waals surface area contributed by atoms with Crippen molar-refractivity contribution in [3.8, 4) is 11.5 Å². The van der Waals surface area contributed by atoms with E-state index in [0.29, 0.717) is 17.4 Å². The van der Waals surface area contributed by atoms with Gasteiger partial charge in [-0.25, -0.2) is 8.42 Å². The zero-order chi connectivity index (χ0) is 19.3. The predicted molar refractivity (Wildman–Crippen MR) is 109 cm³/mol. The SMILES string of the molecule is CCC(C)c1ccc(S(=O)(=O)Nc2ccc(Oc3ccccc3)cc2)cc1. The summed E-state index contributed by atoms with van der Waals surface area (Å²) in [6.45, 7) is 4.24. The zero-order valence-electron chi connectivity index (χ0n) is 15.4. The minimum absolute atomic E-state index is 0.249. The summed E-state index contributed by atoms with van der Waals surface area (Å²) in [5.74, 6) is 1.78. The molecule has 1 N–H and O–H groups in total. The lowest BCUT2D eigenvalue weighted by Gasteiger charge is -2.12. The predicted octanol–water partition coefficient (Wildman–Crippen LogP) is 5.79. The molecule has 0 spiro atoms. The van der Waals surface area contributed by atoms with Crippen LogP contribution in [0.5, 0.6) is 11.5 Å². The molecule has 3 aromatic rings. The van der Waals surface area contributed by atoms with Gasteiger partial charge in [0.25, 0.3) is 10.0 Å². The summed E-state index contributed by atoms with van der Waals surface area (Å²) in [5.41, 5.74) is 1.63. The number of ether oxygens (including phenoxy) is 1. The molecule has 0 aliphatic heterocycles. The van der Waals surface area contributed by atoms with Gasteiger partial charge in [-0.15, -0.1) is 0 Å². The summed E-state index contributed by atoms with van der Waals surface area (Å²) in [6, 6.07) is 23.3. The van der Waals surface area contributed by atoms with Crippen molar-refractivity contribution >= 4 is 15.7 Å². The highest BCUT2D eigenvalue weighted by molar-refractivity contribution is 7.92. The van der Waals surface area contributed by atoms with Crippen LogP contribution in [0.3, 0.4) is 0 Å². The fourth-order valence-electron chi connectivity index (χ4n) is 2.64. The highest BCUT2D eigenvalue weighted by Gasteiger charge is 2.15. The Labute approximate surface area is 160 Å². The summed E-state index contributed by atoms with van der Waals surface area (Å²) < 4.78 is 33.5. The Morgan fingerprint density at radius 1 is 0.852 bits per heavy atom. The monoisotopic (exact) mass is 381 g/mol. The number of anilines is 1. The average molecular weight is 381 g/mol. The van der Waals surface area contributed by atoms with E-state index in [1.165, 1.54) is 0 Å². The van der Waals surface area contributed by atoms with Crippen molar-refractivity contribution in [2.24, 2.45) is 0 Å². The first kappa shape index (κ1) is 19.0. The minimum atomic E-state index is -3.63. The molecular weight excluding hydrogens is 358 g/mol. The topological polar surface area (TPSA) is 55.4 Å². The van der Waals surface area contributed by atoms with Crippen LogP contribution in [0, 0.1) is 0 Å². The van der Waals surface area contributed by atoms with Crippen LogP contribution >= 0.6 is 0 Å². The fraction of sp³-hybridized carbons (Fsp3) is 0.182. The number of benzene rings is 3. The van der Waals surface area contributed by atoms with Gasteiger partial charge >= 0.3 is 0 Å². The number of rotatable bonds is 7. The molecule has 3 rings (SSSR count). The van der Waals surface area contributed by atoms with Crippen molar-refractivity contribution in [1.82, 2.24) is 0 Å². The third-order valence-electron chi connectivity index (χ3n) is 4.46. The summed E-state index contributed by atoms with van der Waals surface area (Å²) in [7, 11) is -3.63. The molecule has 1 atom stereocenters. The second kappa shape index (κ2) is 8.27. The molecule has 5 heteroatoms. The van der Waals surface area contributed by atoms with E-state index in [0.717, 1.165) is 17.7 Å². The van der Waals surface area contributed by atoms with Crippen LogP contribution in [-0.2, 0) is 10.0 Å². The van der Waals surface area contributed by atoms with E-state index in [1.54, 1.807) is 36.4 Å². The van der Waals surface area contributed by atoms with Crippen molar-refractivity contribution in [2.45, 2.75) is 31.1 Å². The first-order valence-corrected chi connectivity index (χ1v) is 10.4. The standard InChI is InChI=1S/C22H23NO3S/c1-3-17(2)18-9-15-22(16-10-18)27(24,25)23-19-11-13-21(14-12-19)26-20-7-5-4-6-8-20/h4-17,23H,3H2,1-2H3. The van der Waals surface area contributed by atoms with E-state index in [1.807, 2.05) is 42.5 Å². The third kappa shape index (κ3) is 4.89. The molecule has 0 amide bonds. The van der Waals surface area contributed by atoms with Gasteiger partial charge in [0, 0.05) is 5.69 Å². The minimum Gasteiger partial charge on any atom is -0.457 e. The first-order chi connectivity index (χ1) is 13.0. The molecule has 0 saturated carbocycles. The molecule has 4 nitrogen and oxygen atoms in total. The lowest BCUT2D eigenvalue weighted by atomic mass is 9.99. The average Bonchev–Trinajstić information content (AvgIpc) is 2.69. The van der Waals surface area contributed by atoms with Crippen molar-refractivity contribution in [1.29, 1.82) is 0 Å². The molecule has 0 heterocycles. The Bertz CT molecular complexity index is 966. The molecule has 0 fully saturated rings. The van der Waals surface area contributed by atoms with Crippen LogP contribution in [0.2, 0.25) is 0 Å². The highest BCUT2D eigenvalue weighted by Crippen LogP contribution is 2.25. The van der Waals surface area contributed by atoms with Crippen LogP contribution in [-0.4, -0.2) is 8.42 Å². The Morgan fingerprint density at radius 2 is 1.44 bits per heavy atom. The molecule has 0 aliphatic rings. The number of hydrogen-bond acceptors (Lipinski definition) is 3. The lowest BCUT2D eigenvalue weighted by Crippen LogP contribution is -2.13. The molecule has 140 valence electrons. The van der Waals surface area contributed by atoms with Crippen molar-refractivity contribution in [2.75, 3.05) is 4.72 Å². The second-order valence-electron chi connectivity index (χ2n) is 6.42. The quantitative estimate of drug-likeness (QED) is 0.563. The Hall–Kier alpha value is -2.79. The van der Waals surface area contributed by atoms with Crippen molar-refractivity contribution < 1.29 is 13.2 Å². The third-order valence-corrected chi connectivity index (χ3v) is 5.85. The van der Waals surface area contributed by atoms with Crippen molar-refractivity contribution in [3.63, 3.8) is 0 Å². The molecule has 0 saturated heterocycles. The lowest BCUT2D eigenvalue weighted by molar-refractivity contribution is 0.483. The molecule has 27 heavy (non-hydrogen) atoms. The van der Waals surface area contributed by atoms with E-state index in [9.17, 15) is 8.42 Å². The van der Waals surface area contributed by atoms with Crippen LogP contribution in [0.25, 0.3) is 0 Å². The summed E-state index contributed by atoms with van der Waals surface area (Å²) in [5, 5.41) is 0. The van der Waals surface area contributed by atoms with Gasteiger partial charge in [0.05, 0.1) is 4.90 Å². The van der Waals surface area contributed by atoms with Gasteiger partial charge in [0.15, 0.2) is 0 Å². The van der Waals surface area contributed by atoms with Gasteiger partial charge < -0.3 is 4.74 Å². The normalized spacial score (nSPS) is 12.4.